The average Bonchev–Trinajstić information content (AvgIpc) is 3.73. The van der Waals surface area contributed by atoms with Gasteiger partial charge >= 0.3 is 5.97 Å². The quantitative estimate of drug-likeness (QED) is 0.0840. The first-order valence-corrected chi connectivity index (χ1v) is 23.5. The molecule has 6 aliphatic rings. The number of aryl methyl sites for hydroxylation is 1. The predicted molar refractivity (Wildman–Crippen MR) is 232 cm³/mol. The number of ether oxygens (including phenoxy) is 5. The Morgan fingerprint density at radius 1 is 0.951 bits per heavy atom. The Balaban J connectivity index is 0.00000622. The molecule has 2 aromatic carbocycles. The van der Waals surface area contributed by atoms with E-state index in [4.69, 9.17) is 23.7 Å². The van der Waals surface area contributed by atoms with Gasteiger partial charge in [0.25, 0.3) is 0 Å². The van der Waals surface area contributed by atoms with E-state index >= 15 is 0 Å². The molecule has 6 aliphatic heterocycles. The third kappa shape index (κ3) is 9.88. The van der Waals surface area contributed by atoms with Crippen LogP contribution in [-0.2, 0) is 25.5 Å². The summed E-state index contributed by atoms with van der Waals surface area (Å²) in [6.45, 7) is 8.21. The minimum absolute atomic E-state index is 0. The van der Waals surface area contributed by atoms with Crippen molar-refractivity contribution >= 4 is 23.6 Å². The Hall–Kier alpha value is -2.26. The van der Waals surface area contributed by atoms with Gasteiger partial charge in [-0.05, 0) is 57.4 Å². The molecule has 0 aromatic heterocycles. The third-order valence-electron chi connectivity index (χ3n) is 13.7. The zero-order chi connectivity index (χ0) is 42.5. The summed E-state index contributed by atoms with van der Waals surface area (Å²) < 4.78 is 30.1. The second kappa shape index (κ2) is 22.1. The van der Waals surface area contributed by atoms with Crippen LogP contribution in [0.15, 0.2) is 6.07 Å². The van der Waals surface area contributed by atoms with Crippen LogP contribution < -0.4 is 19.5 Å². The maximum absolute atomic E-state index is 14.0. The zero-order valence-electron chi connectivity index (χ0n) is 37.2. The molecule has 4 bridgehead atoms. The van der Waals surface area contributed by atoms with Crippen molar-refractivity contribution in [3.05, 3.63) is 45.0 Å². The van der Waals surface area contributed by atoms with Crippen LogP contribution in [0, 0.1) is 76.2 Å². The Morgan fingerprint density at radius 2 is 1.61 bits per heavy atom. The molecule has 0 spiro atoms. The van der Waals surface area contributed by atoms with Gasteiger partial charge in [-0.25, -0.2) is 4.79 Å². The topological polar surface area (TPSA) is 143 Å². The van der Waals surface area contributed by atoms with Crippen molar-refractivity contribution in [1.82, 2.24) is 15.1 Å². The van der Waals surface area contributed by atoms with E-state index in [1.165, 1.54) is 76.0 Å². The Bertz CT molecular complexity index is 1930. The minimum Gasteiger partial charge on any atom is -0.507 e. The van der Waals surface area contributed by atoms with Crippen LogP contribution >= 0.6 is 11.8 Å². The number of thioether (sulfide) groups is 1. The first kappa shape index (κ1) is 48.2. The molecule has 2 aromatic rings. The molecule has 0 saturated carbocycles. The normalized spacial score (nSPS) is 25.1. The van der Waals surface area contributed by atoms with Crippen LogP contribution in [-0.4, -0.2) is 91.1 Å². The summed E-state index contributed by atoms with van der Waals surface area (Å²) in [6, 6.07) is 1.94. The largest absolute Gasteiger partial charge is 0.507 e. The van der Waals surface area contributed by atoms with E-state index in [0.717, 1.165) is 47.3 Å². The van der Waals surface area contributed by atoms with E-state index in [0.29, 0.717) is 41.0 Å². The molecule has 1 amide bonds. The van der Waals surface area contributed by atoms with Crippen LogP contribution in [0.3, 0.4) is 0 Å². The molecule has 2 N–H and O–H groups in total. The Kier molecular flexibility index (Phi) is 17.5. The molecular weight excluding hydrogens is 1010 g/mol. The van der Waals surface area contributed by atoms with Crippen LogP contribution in [0.2, 0.25) is 0 Å². The number of phenolic OH excluding ortho intramolecular Hbond substituents is 1. The molecule has 6 heterocycles. The number of carbonyl (C=O) groups excluding carboxylic acids is 2. The molecule has 1 radical (unpaired) electrons. The van der Waals surface area contributed by atoms with Crippen molar-refractivity contribution in [2.24, 2.45) is 0 Å². The smallest absolute Gasteiger partial charge is 0.329 e. The molecule has 2 fully saturated rings. The summed E-state index contributed by atoms with van der Waals surface area (Å²) in [7, 11) is 3.69. The van der Waals surface area contributed by atoms with Gasteiger partial charge < -0.3 is 34.1 Å². The summed E-state index contributed by atoms with van der Waals surface area (Å²) in [5.74, 6) is 1.40. The summed E-state index contributed by atoms with van der Waals surface area (Å²) in [5, 5.41) is 25.9. The van der Waals surface area contributed by atoms with Gasteiger partial charge in [0.1, 0.15) is 30.2 Å². The number of aromatic hydroxyl groups is 1. The van der Waals surface area contributed by atoms with Crippen molar-refractivity contribution < 1.29 is 82.4 Å². The fourth-order valence-electron chi connectivity index (χ4n) is 10.5. The standard InChI is InChI=1S/C47H66N4O8S.Ac/c1-7-8-9-10-11-12-13-14-15-16-17-18-19-20-36(52)49-32-25-60-46-39-38(45-44(58-27-59-45)30(4)42(39)53)35(24-56-47(32)54)51-34(23-48)33-22-31-21-28(2)29(3)43(57-26-55-6)37(31)40(41(46)51)50(33)5;/h21,32-35,40-41,46,53H,7-20,22,24-27H2,1-6H3,(H,49,52);/t32-,33-,34-,35-,40+,41?,46+;/m0./s1. The van der Waals surface area contributed by atoms with Crippen LogP contribution in [0.5, 0.6) is 23.0 Å². The van der Waals surface area contributed by atoms with Crippen molar-refractivity contribution in [2.45, 2.75) is 166 Å². The molecule has 14 heteroatoms. The number of rotatable bonds is 18. The minimum atomic E-state index is -0.886. The van der Waals surface area contributed by atoms with E-state index in [1.54, 1.807) is 7.11 Å². The Morgan fingerprint density at radius 3 is 2.26 bits per heavy atom. The monoisotopic (exact) mass is 1070 g/mol. The SMILES string of the molecule is CCCCCCCCCCCCCCCC(=O)N[C@H]1CS[C@@H]2c3c(O)c(C)c4c(c3[C@H](COC1=O)N1C2[C@H]2c3c(cc(C)c(C)c3OCOC)C[C@@H]([C@@H]1C#N)N2C)OCO4.[Ac]. The predicted octanol–water partition coefficient (Wildman–Crippen LogP) is 8.55. The van der Waals surface area contributed by atoms with Crippen molar-refractivity contribution in [3.63, 3.8) is 0 Å². The van der Waals surface area contributed by atoms with Gasteiger partial charge in [-0.3, -0.25) is 14.6 Å². The van der Waals surface area contributed by atoms with Crippen molar-refractivity contribution in [3.8, 4) is 29.1 Å². The first-order chi connectivity index (χ1) is 29.1. The number of likely N-dealkylation sites (N-methyl/N-ethyl adjacent to an activating group) is 1. The van der Waals surface area contributed by atoms with Gasteiger partial charge in [0.05, 0.1) is 23.4 Å². The van der Waals surface area contributed by atoms with Gasteiger partial charge in [0, 0.05) is 97.7 Å². The number of esters is 1. The molecule has 331 valence electrons. The average molecular weight is 1070 g/mol. The number of unbranched alkanes of at least 4 members (excludes halogenated alkanes) is 12. The Labute approximate surface area is 403 Å². The van der Waals surface area contributed by atoms with E-state index in [1.807, 2.05) is 6.92 Å². The fourth-order valence-corrected chi connectivity index (χ4v) is 12.0. The fraction of sp³-hybridized carbons (Fsp3) is 0.681. The molecule has 61 heavy (non-hydrogen) atoms. The second-order valence-electron chi connectivity index (χ2n) is 17.5. The number of carbonyl (C=O) groups is 2. The number of benzene rings is 2. The molecule has 8 rings (SSSR count). The number of nitriles is 1. The number of amides is 1. The van der Waals surface area contributed by atoms with Crippen molar-refractivity contribution in [2.75, 3.05) is 40.1 Å². The van der Waals surface area contributed by atoms with Gasteiger partial charge in [0.2, 0.25) is 12.7 Å². The number of hydrogen-bond acceptors (Lipinski definition) is 12. The van der Waals surface area contributed by atoms with Crippen LogP contribution in [0.25, 0.3) is 0 Å². The number of phenols is 1. The van der Waals surface area contributed by atoms with Crippen molar-refractivity contribution in [1.29, 1.82) is 5.26 Å². The van der Waals surface area contributed by atoms with E-state index in [-0.39, 0.29) is 99.8 Å². The number of fused-ring (bicyclic) bond motifs is 10. The molecule has 0 aliphatic carbocycles. The third-order valence-corrected chi connectivity index (χ3v) is 15.1. The number of nitrogens with one attached hydrogen (secondary N) is 1. The number of piperazine rings is 1. The van der Waals surface area contributed by atoms with Gasteiger partial charge in [-0.1, -0.05) is 90.0 Å². The van der Waals surface area contributed by atoms with Gasteiger partial charge in [0.15, 0.2) is 18.3 Å². The van der Waals surface area contributed by atoms with Crippen LogP contribution in [0.1, 0.15) is 153 Å². The second-order valence-corrected chi connectivity index (χ2v) is 18.7. The van der Waals surface area contributed by atoms with Gasteiger partial charge in [-0.15, -0.1) is 11.8 Å². The van der Waals surface area contributed by atoms with E-state index in [2.05, 4.69) is 55.1 Å². The van der Waals surface area contributed by atoms with Crippen LogP contribution in [0.4, 0.5) is 0 Å². The summed E-state index contributed by atoms with van der Waals surface area (Å²) in [5.41, 5.74) is 6.26. The first-order valence-electron chi connectivity index (χ1n) is 22.5. The zero-order valence-corrected chi connectivity index (χ0v) is 42.7. The maximum atomic E-state index is 14.0. The summed E-state index contributed by atoms with van der Waals surface area (Å²) >= 11 is 1.51. The number of methoxy groups -OCH3 is 1. The molecular formula is C47H66AcN4O8S. The number of nitrogens with zero attached hydrogens (tertiary/aromatic N) is 3. The maximum Gasteiger partial charge on any atom is 0.329 e. The summed E-state index contributed by atoms with van der Waals surface area (Å²) in [4.78, 5) is 31.9. The molecule has 12 nitrogen and oxygen atoms in total. The summed E-state index contributed by atoms with van der Waals surface area (Å²) in [6.07, 6.45) is 16.9. The van der Waals surface area contributed by atoms with Gasteiger partial charge in [-0.2, -0.15) is 5.26 Å². The molecule has 1 unspecified atom stereocenters. The molecule has 7 atom stereocenters. The number of hydrogen-bond donors (Lipinski definition) is 2. The van der Waals surface area contributed by atoms with E-state index in [9.17, 15) is 20.0 Å². The molecule has 2 saturated heterocycles. The van der Waals surface area contributed by atoms with E-state index < -0.39 is 29.3 Å².